The fraction of sp³-hybridized carbons (Fsp3) is 0.250. The molecule has 1 aliphatic heterocycles. The minimum Gasteiger partial charge on any atom is -0.504 e. The number of phenols is 1. The van der Waals surface area contributed by atoms with Crippen LogP contribution in [0.25, 0.3) is 0 Å². The fourth-order valence-electron chi connectivity index (χ4n) is 2.77. The van der Waals surface area contributed by atoms with E-state index < -0.39 is 22.2 Å². The van der Waals surface area contributed by atoms with Crippen LogP contribution >= 0.6 is 0 Å². The largest absolute Gasteiger partial charge is 0.504 e. The summed E-state index contributed by atoms with van der Waals surface area (Å²) in [5.74, 6) is 0.308. The molecule has 3 rings (SSSR count). The highest BCUT2D eigenvalue weighted by molar-refractivity contribution is 7.89. The van der Waals surface area contributed by atoms with Gasteiger partial charge in [0.25, 0.3) is 0 Å². The van der Waals surface area contributed by atoms with E-state index in [0.29, 0.717) is 11.3 Å². The number of phenolic OH excluding ortho intramolecular Hbond substituents is 1. The minimum atomic E-state index is -3.66. The first-order chi connectivity index (χ1) is 10.9. The van der Waals surface area contributed by atoms with Gasteiger partial charge >= 0.3 is 0 Å². The van der Waals surface area contributed by atoms with Gasteiger partial charge in [0.05, 0.1) is 24.2 Å². The Labute approximate surface area is 134 Å². The van der Waals surface area contributed by atoms with Crippen molar-refractivity contribution in [1.29, 1.82) is 0 Å². The molecule has 0 radical (unpaired) electrons. The molecule has 0 saturated carbocycles. The van der Waals surface area contributed by atoms with Crippen molar-refractivity contribution in [2.24, 2.45) is 0 Å². The third kappa shape index (κ3) is 2.90. The van der Waals surface area contributed by atoms with Crippen molar-refractivity contribution in [3.63, 3.8) is 0 Å². The lowest BCUT2D eigenvalue weighted by molar-refractivity contribution is 0.131. The lowest BCUT2D eigenvalue weighted by Gasteiger charge is -2.30. The normalized spacial score (nSPS) is 22.3. The van der Waals surface area contributed by atoms with E-state index in [1.54, 1.807) is 30.3 Å². The van der Waals surface area contributed by atoms with Crippen LogP contribution in [0.1, 0.15) is 17.2 Å². The number of fused-ring (bicyclic) bond motifs is 1. The number of sulfonamides is 1. The zero-order chi connectivity index (χ0) is 16.6. The molecule has 122 valence electrons. The molecule has 0 saturated heterocycles. The average Bonchev–Trinajstić information content (AvgIpc) is 2.54. The molecule has 2 atom stereocenters. The second-order valence-electron chi connectivity index (χ2n) is 5.42. The molecule has 0 aliphatic carbocycles. The Morgan fingerprint density at radius 2 is 1.96 bits per heavy atom. The number of aromatic hydroxyl groups is 1. The molecule has 2 aromatic rings. The lowest BCUT2D eigenvalue weighted by atomic mass is 9.96. The van der Waals surface area contributed by atoms with Crippen molar-refractivity contribution in [3.05, 3.63) is 53.6 Å². The zero-order valence-electron chi connectivity index (χ0n) is 12.4. The Kier molecular flexibility index (Phi) is 4.01. The van der Waals surface area contributed by atoms with Crippen molar-refractivity contribution in [2.75, 3.05) is 7.11 Å². The summed E-state index contributed by atoms with van der Waals surface area (Å²) in [6.45, 7) is 0. The van der Waals surface area contributed by atoms with Crippen LogP contribution in [0.3, 0.4) is 0 Å². The topological polar surface area (TPSA) is 95.9 Å². The van der Waals surface area contributed by atoms with Crippen molar-refractivity contribution in [2.45, 2.75) is 23.5 Å². The van der Waals surface area contributed by atoms with E-state index in [2.05, 4.69) is 4.72 Å². The van der Waals surface area contributed by atoms with Crippen LogP contribution in [-0.4, -0.2) is 31.8 Å². The van der Waals surface area contributed by atoms with Crippen LogP contribution < -0.4 is 9.46 Å². The van der Waals surface area contributed by atoms with E-state index in [4.69, 9.17) is 4.74 Å². The maximum Gasteiger partial charge on any atom is 0.241 e. The molecule has 2 aromatic carbocycles. The number of aliphatic hydroxyl groups excluding tert-OH is 1. The first-order valence-corrected chi connectivity index (χ1v) is 8.56. The van der Waals surface area contributed by atoms with Gasteiger partial charge in [0.2, 0.25) is 10.0 Å². The Balaban J connectivity index is 1.93. The smallest absolute Gasteiger partial charge is 0.241 e. The number of hydrogen-bond acceptors (Lipinski definition) is 5. The summed E-state index contributed by atoms with van der Waals surface area (Å²) in [7, 11) is -2.22. The standard InChI is InChI=1S/C16H17NO5S/c1-22-14-9-10(6-7-13(14)18)8-12-16(19)11-4-2-3-5-15(11)23(20,21)17-12/h2-7,9,12,16-19H,8H2,1H3/t12-,16+/m0/s1. The van der Waals surface area contributed by atoms with E-state index in [-0.39, 0.29) is 17.1 Å². The van der Waals surface area contributed by atoms with Crippen LogP contribution in [0, 0.1) is 0 Å². The van der Waals surface area contributed by atoms with Crippen LogP contribution in [0.4, 0.5) is 0 Å². The average molecular weight is 335 g/mol. The summed E-state index contributed by atoms with van der Waals surface area (Å²) < 4.78 is 32.2. The molecule has 0 amide bonds. The minimum absolute atomic E-state index is 0.00590. The number of nitrogens with one attached hydrogen (secondary N) is 1. The SMILES string of the molecule is COc1cc(C[C@@H]2NS(=O)(=O)c3ccccc3[C@H]2O)ccc1O. The molecule has 0 fully saturated rings. The second kappa shape index (κ2) is 5.84. The Bertz CT molecular complexity index is 834. The molecule has 6 nitrogen and oxygen atoms in total. The highest BCUT2D eigenvalue weighted by Gasteiger charge is 2.36. The number of methoxy groups -OCH3 is 1. The first-order valence-electron chi connectivity index (χ1n) is 7.07. The number of rotatable bonds is 3. The van der Waals surface area contributed by atoms with Gasteiger partial charge in [-0.25, -0.2) is 13.1 Å². The number of hydrogen-bond donors (Lipinski definition) is 3. The van der Waals surface area contributed by atoms with Crippen LogP contribution in [0.5, 0.6) is 11.5 Å². The van der Waals surface area contributed by atoms with Gasteiger partial charge < -0.3 is 14.9 Å². The molecule has 0 aromatic heterocycles. The van der Waals surface area contributed by atoms with Crippen molar-refractivity contribution in [3.8, 4) is 11.5 Å². The van der Waals surface area contributed by atoms with Gasteiger partial charge in [0.15, 0.2) is 11.5 Å². The van der Waals surface area contributed by atoms with Gasteiger partial charge in [0.1, 0.15) is 0 Å². The number of benzene rings is 2. The molecular formula is C16H17NO5S. The second-order valence-corrected chi connectivity index (χ2v) is 7.10. The molecule has 23 heavy (non-hydrogen) atoms. The van der Waals surface area contributed by atoms with Gasteiger partial charge in [-0.2, -0.15) is 0 Å². The number of aliphatic hydroxyl groups is 1. The van der Waals surface area contributed by atoms with Crippen LogP contribution in [-0.2, 0) is 16.4 Å². The third-order valence-corrected chi connectivity index (χ3v) is 5.48. The molecule has 1 aliphatic rings. The Hall–Kier alpha value is -2.09. The first kappa shape index (κ1) is 15.8. The van der Waals surface area contributed by atoms with Crippen molar-refractivity contribution < 1.29 is 23.4 Å². The van der Waals surface area contributed by atoms with Crippen molar-refractivity contribution >= 4 is 10.0 Å². The lowest BCUT2D eigenvalue weighted by Crippen LogP contribution is -2.45. The summed E-state index contributed by atoms with van der Waals surface area (Å²) >= 11 is 0. The van der Waals surface area contributed by atoms with E-state index >= 15 is 0 Å². The Morgan fingerprint density at radius 3 is 2.70 bits per heavy atom. The highest BCUT2D eigenvalue weighted by Crippen LogP contribution is 2.33. The molecule has 0 spiro atoms. The van der Waals surface area contributed by atoms with Gasteiger partial charge in [-0.15, -0.1) is 0 Å². The van der Waals surface area contributed by atoms with Gasteiger partial charge in [-0.3, -0.25) is 0 Å². The summed E-state index contributed by atoms with van der Waals surface area (Å²) in [6.07, 6.45) is -0.680. The summed E-state index contributed by atoms with van der Waals surface area (Å²) in [6, 6.07) is 10.5. The maximum atomic E-state index is 12.3. The van der Waals surface area contributed by atoms with E-state index in [1.165, 1.54) is 19.2 Å². The molecular weight excluding hydrogens is 318 g/mol. The molecule has 3 N–H and O–H groups in total. The third-order valence-electron chi connectivity index (χ3n) is 3.91. The molecule has 7 heteroatoms. The summed E-state index contributed by atoms with van der Waals surface area (Å²) in [4.78, 5) is 0.104. The van der Waals surface area contributed by atoms with Crippen LogP contribution in [0.15, 0.2) is 47.4 Å². The number of ether oxygens (including phenoxy) is 1. The summed E-state index contributed by atoms with van der Waals surface area (Å²) in [5.41, 5.74) is 1.13. The summed E-state index contributed by atoms with van der Waals surface area (Å²) in [5, 5.41) is 20.1. The monoisotopic (exact) mass is 335 g/mol. The molecule has 0 bridgehead atoms. The van der Waals surface area contributed by atoms with E-state index in [9.17, 15) is 18.6 Å². The van der Waals surface area contributed by atoms with Crippen LogP contribution in [0.2, 0.25) is 0 Å². The predicted octanol–water partition coefficient (Wildman–Crippen LogP) is 1.34. The fourth-order valence-corrected chi connectivity index (χ4v) is 4.26. The van der Waals surface area contributed by atoms with Gasteiger partial charge in [-0.1, -0.05) is 24.3 Å². The van der Waals surface area contributed by atoms with E-state index in [1.807, 2.05) is 0 Å². The Morgan fingerprint density at radius 1 is 1.22 bits per heavy atom. The quantitative estimate of drug-likeness (QED) is 0.787. The molecule has 0 unspecified atom stereocenters. The molecule has 1 heterocycles. The van der Waals surface area contributed by atoms with Gasteiger partial charge in [0, 0.05) is 5.56 Å². The van der Waals surface area contributed by atoms with Crippen molar-refractivity contribution in [1.82, 2.24) is 4.72 Å². The maximum absolute atomic E-state index is 12.3. The zero-order valence-corrected chi connectivity index (χ0v) is 13.2. The van der Waals surface area contributed by atoms with Gasteiger partial charge in [-0.05, 0) is 30.2 Å². The highest BCUT2D eigenvalue weighted by atomic mass is 32.2. The van der Waals surface area contributed by atoms with E-state index in [0.717, 1.165) is 5.56 Å². The predicted molar refractivity (Wildman–Crippen MR) is 83.9 cm³/mol.